The van der Waals surface area contributed by atoms with E-state index in [1.54, 1.807) is 4.90 Å². The van der Waals surface area contributed by atoms with E-state index in [0.29, 0.717) is 0 Å². The topological polar surface area (TPSA) is 107 Å². The molecule has 0 aromatic carbocycles. The van der Waals surface area contributed by atoms with Gasteiger partial charge in [0.2, 0.25) is 5.91 Å². The second-order valence-electron chi connectivity index (χ2n) is 4.44. The summed E-state index contributed by atoms with van der Waals surface area (Å²) in [5.41, 5.74) is 0. The molecule has 0 aromatic heterocycles. The fourth-order valence-corrected chi connectivity index (χ4v) is 1.40. The second-order valence-corrected chi connectivity index (χ2v) is 4.44. The number of rotatable bonds is 10. The van der Waals surface area contributed by atoms with Gasteiger partial charge in [0.15, 0.2) is 0 Å². The summed E-state index contributed by atoms with van der Waals surface area (Å²) in [5.74, 6) is -2.16. The maximum absolute atomic E-state index is 11.7. The van der Waals surface area contributed by atoms with Crippen molar-refractivity contribution in [3.8, 4) is 0 Å². The number of nitrogens with zero attached hydrogens (tertiary/aromatic N) is 1. The van der Waals surface area contributed by atoms with Gasteiger partial charge in [-0.2, -0.15) is 0 Å². The zero-order valence-electron chi connectivity index (χ0n) is 11.4. The fourth-order valence-electron chi connectivity index (χ4n) is 1.40. The Hall–Kier alpha value is -1.63. The molecule has 0 aliphatic rings. The molecule has 0 fully saturated rings. The molecule has 0 bridgehead atoms. The third-order valence-corrected chi connectivity index (χ3v) is 2.67. The Labute approximate surface area is 112 Å². The molecule has 0 saturated heterocycles. The Kier molecular flexibility index (Phi) is 8.52. The van der Waals surface area contributed by atoms with Crippen molar-refractivity contribution in [1.82, 2.24) is 10.2 Å². The molecular formula is C12H22N2O5. The van der Waals surface area contributed by atoms with Crippen molar-refractivity contribution in [2.75, 3.05) is 19.6 Å². The lowest BCUT2D eigenvalue weighted by molar-refractivity contribution is -0.138. The first-order valence-electron chi connectivity index (χ1n) is 6.30. The number of carbonyl (C=O) groups excluding carboxylic acids is 1. The summed E-state index contributed by atoms with van der Waals surface area (Å²) in [4.78, 5) is 34.2. The maximum Gasteiger partial charge on any atom is 0.304 e. The van der Waals surface area contributed by atoms with Gasteiger partial charge < -0.3 is 15.5 Å². The van der Waals surface area contributed by atoms with Crippen LogP contribution in [-0.2, 0) is 14.4 Å². The molecule has 1 amide bonds. The number of carboxylic acids is 2. The van der Waals surface area contributed by atoms with E-state index in [-0.39, 0.29) is 44.4 Å². The highest BCUT2D eigenvalue weighted by Gasteiger charge is 2.14. The molecule has 0 radical (unpaired) electrons. The van der Waals surface area contributed by atoms with E-state index in [2.05, 4.69) is 5.32 Å². The Morgan fingerprint density at radius 1 is 1.11 bits per heavy atom. The van der Waals surface area contributed by atoms with Crippen molar-refractivity contribution in [2.45, 2.75) is 39.2 Å². The number of carboxylic acid groups (broad SMARTS) is 2. The van der Waals surface area contributed by atoms with Crippen LogP contribution in [0.5, 0.6) is 0 Å². The van der Waals surface area contributed by atoms with E-state index in [4.69, 9.17) is 10.2 Å². The van der Waals surface area contributed by atoms with Crippen molar-refractivity contribution >= 4 is 17.8 Å². The summed E-state index contributed by atoms with van der Waals surface area (Å²) in [6.07, 6.45) is 0.572. The van der Waals surface area contributed by atoms with Gasteiger partial charge in [0.25, 0.3) is 0 Å². The molecule has 0 aliphatic heterocycles. The van der Waals surface area contributed by atoms with Gasteiger partial charge in [-0.25, -0.2) is 0 Å². The number of carbonyl (C=O) groups is 3. The molecule has 0 aromatic rings. The monoisotopic (exact) mass is 274 g/mol. The predicted octanol–water partition coefficient (Wildman–Crippen LogP) is 0.153. The van der Waals surface area contributed by atoms with E-state index >= 15 is 0 Å². The third-order valence-electron chi connectivity index (χ3n) is 2.67. The van der Waals surface area contributed by atoms with E-state index in [9.17, 15) is 14.4 Å². The predicted molar refractivity (Wildman–Crippen MR) is 68.8 cm³/mol. The number of aliphatic carboxylic acids is 2. The van der Waals surface area contributed by atoms with Gasteiger partial charge in [-0.1, -0.05) is 6.92 Å². The molecule has 3 N–H and O–H groups in total. The average Bonchev–Trinajstić information content (AvgIpc) is 2.31. The minimum Gasteiger partial charge on any atom is -0.481 e. The van der Waals surface area contributed by atoms with E-state index in [1.165, 1.54) is 0 Å². The summed E-state index contributed by atoms with van der Waals surface area (Å²) in [6, 6.07) is 0.0493. The lowest BCUT2D eigenvalue weighted by Gasteiger charge is -2.21. The van der Waals surface area contributed by atoms with E-state index < -0.39 is 11.9 Å². The summed E-state index contributed by atoms with van der Waals surface area (Å²) < 4.78 is 0. The van der Waals surface area contributed by atoms with Crippen LogP contribution < -0.4 is 5.32 Å². The first kappa shape index (κ1) is 17.4. The average molecular weight is 274 g/mol. The minimum absolute atomic E-state index is 0.0187. The zero-order chi connectivity index (χ0) is 14.8. The quantitative estimate of drug-likeness (QED) is 0.523. The second kappa shape index (κ2) is 9.32. The molecule has 1 atom stereocenters. The SMILES string of the molecule is CCC(C)NC(=O)CN(CCC(=O)O)CCC(=O)O. The number of hydrogen-bond donors (Lipinski definition) is 3. The lowest BCUT2D eigenvalue weighted by atomic mass is 10.2. The molecule has 110 valence electrons. The van der Waals surface area contributed by atoms with Gasteiger partial charge in [0.1, 0.15) is 0 Å². The molecule has 7 heteroatoms. The van der Waals surface area contributed by atoms with Crippen LogP contribution in [0.2, 0.25) is 0 Å². The van der Waals surface area contributed by atoms with Crippen molar-refractivity contribution in [3.63, 3.8) is 0 Å². The van der Waals surface area contributed by atoms with Crippen LogP contribution in [0.25, 0.3) is 0 Å². The van der Waals surface area contributed by atoms with Gasteiger partial charge in [0.05, 0.1) is 19.4 Å². The van der Waals surface area contributed by atoms with Crippen molar-refractivity contribution in [1.29, 1.82) is 0 Å². The van der Waals surface area contributed by atoms with Crippen LogP contribution >= 0.6 is 0 Å². The standard InChI is InChI=1S/C12H22N2O5/c1-3-9(2)13-10(15)8-14(6-4-11(16)17)7-5-12(18)19/h9H,3-8H2,1-2H3,(H,13,15)(H,16,17)(H,18,19). The van der Waals surface area contributed by atoms with E-state index in [0.717, 1.165) is 6.42 Å². The van der Waals surface area contributed by atoms with Crippen molar-refractivity contribution < 1.29 is 24.6 Å². The lowest BCUT2D eigenvalue weighted by Crippen LogP contribution is -2.42. The highest BCUT2D eigenvalue weighted by atomic mass is 16.4. The molecule has 0 saturated carbocycles. The largest absolute Gasteiger partial charge is 0.481 e. The van der Waals surface area contributed by atoms with Gasteiger partial charge in [0, 0.05) is 19.1 Å². The van der Waals surface area contributed by atoms with Crippen LogP contribution in [0, 0.1) is 0 Å². The van der Waals surface area contributed by atoms with Gasteiger partial charge in [-0.3, -0.25) is 19.3 Å². The Morgan fingerprint density at radius 2 is 1.58 bits per heavy atom. The van der Waals surface area contributed by atoms with Crippen molar-refractivity contribution in [3.05, 3.63) is 0 Å². The highest BCUT2D eigenvalue weighted by molar-refractivity contribution is 5.78. The molecular weight excluding hydrogens is 252 g/mol. The zero-order valence-corrected chi connectivity index (χ0v) is 11.4. The van der Waals surface area contributed by atoms with E-state index in [1.807, 2.05) is 13.8 Å². The molecule has 19 heavy (non-hydrogen) atoms. The Bertz CT molecular complexity index is 301. The number of hydrogen-bond acceptors (Lipinski definition) is 4. The first-order chi connectivity index (χ1) is 8.85. The molecule has 7 nitrogen and oxygen atoms in total. The normalized spacial score (nSPS) is 12.2. The van der Waals surface area contributed by atoms with Crippen molar-refractivity contribution in [2.24, 2.45) is 0 Å². The minimum atomic E-state index is -0.970. The number of amides is 1. The Morgan fingerprint density at radius 3 is 1.95 bits per heavy atom. The summed E-state index contributed by atoms with van der Waals surface area (Å²) in [7, 11) is 0. The third kappa shape index (κ3) is 10.0. The van der Waals surface area contributed by atoms with Crippen LogP contribution in [-0.4, -0.2) is 58.6 Å². The molecule has 0 rings (SSSR count). The van der Waals surface area contributed by atoms with Crippen LogP contribution in [0.4, 0.5) is 0 Å². The van der Waals surface area contributed by atoms with Crippen LogP contribution in [0.1, 0.15) is 33.1 Å². The Balaban J connectivity index is 4.26. The smallest absolute Gasteiger partial charge is 0.304 e. The van der Waals surface area contributed by atoms with Crippen LogP contribution in [0.3, 0.4) is 0 Å². The molecule has 0 spiro atoms. The van der Waals surface area contributed by atoms with Gasteiger partial charge >= 0.3 is 11.9 Å². The summed E-state index contributed by atoms with van der Waals surface area (Å²) in [5, 5.41) is 20.0. The molecule has 0 heterocycles. The first-order valence-corrected chi connectivity index (χ1v) is 6.30. The summed E-state index contributed by atoms with van der Waals surface area (Å²) in [6.45, 7) is 4.16. The number of nitrogens with one attached hydrogen (secondary N) is 1. The molecule has 0 aliphatic carbocycles. The maximum atomic E-state index is 11.7. The highest BCUT2D eigenvalue weighted by Crippen LogP contribution is 1.96. The fraction of sp³-hybridized carbons (Fsp3) is 0.750. The van der Waals surface area contributed by atoms with Crippen LogP contribution in [0.15, 0.2) is 0 Å². The summed E-state index contributed by atoms with van der Waals surface area (Å²) >= 11 is 0. The molecule has 1 unspecified atom stereocenters. The van der Waals surface area contributed by atoms with Gasteiger partial charge in [-0.05, 0) is 13.3 Å². The van der Waals surface area contributed by atoms with Gasteiger partial charge in [-0.15, -0.1) is 0 Å².